The van der Waals surface area contributed by atoms with Gasteiger partial charge in [-0.3, -0.25) is 4.79 Å². The van der Waals surface area contributed by atoms with Crippen LogP contribution >= 0.6 is 0 Å². The minimum atomic E-state index is -3.73. The molecule has 128 valence electrons. The summed E-state index contributed by atoms with van der Waals surface area (Å²) >= 11 is 0. The summed E-state index contributed by atoms with van der Waals surface area (Å²) in [6, 6.07) is 7.68. The maximum absolute atomic E-state index is 12.1. The number of rotatable bonds is 5. The molecule has 0 unspecified atom stereocenters. The number of primary sulfonamides is 1. The quantitative estimate of drug-likeness (QED) is 0.671. The summed E-state index contributed by atoms with van der Waals surface area (Å²) < 4.78 is 23.9. The van der Waals surface area contributed by atoms with Crippen molar-refractivity contribution in [2.75, 3.05) is 0 Å². The van der Waals surface area contributed by atoms with Crippen LogP contribution < -0.4 is 10.5 Å². The standard InChI is InChI=1S/C15H14N6O3S/c16-25(23,24)13-4-2-11(3-5-13)8-17-14(22)12-9-18-15(19-10-12)21-7-1-6-20-21/h1-7,9-10H,8H2,(H,17,22)(H2,16,23,24). The lowest BCUT2D eigenvalue weighted by Crippen LogP contribution is -2.23. The molecule has 0 atom stereocenters. The van der Waals surface area contributed by atoms with Gasteiger partial charge in [0.2, 0.25) is 16.0 Å². The largest absolute Gasteiger partial charge is 0.348 e. The molecule has 3 aromatic rings. The third kappa shape index (κ3) is 4.05. The second-order valence-electron chi connectivity index (χ2n) is 5.09. The normalized spacial score (nSPS) is 11.2. The van der Waals surface area contributed by atoms with E-state index in [1.165, 1.54) is 29.2 Å². The molecule has 2 heterocycles. The molecule has 1 amide bonds. The Morgan fingerprint density at radius 1 is 1.16 bits per heavy atom. The van der Waals surface area contributed by atoms with E-state index in [1.807, 2.05) is 0 Å². The van der Waals surface area contributed by atoms with E-state index in [1.54, 1.807) is 30.6 Å². The maximum Gasteiger partial charge on any atom is 0.254 e. The Labute approximate surface area is 143 Å². The summed E-state index contributed by atoms with van der Waals surface area (Å²) in [7, 11) is -3.73. The predicted octanol–water partition coefficient (Wildman–Crippen LogP) is 0.240. The minimum Gasteiger partial charge on any atom is -0.348 e. The molecule has 3 N–H and O–H groups in total. The zero-order valence-electron chi connectivity index (χ0n) is 12.9. The van der Waals surface area contributed by atoms with Gasteiger partial charge in [-0.15, -0.1) is 0 Å². The minimum absolute atomic E-state index is 0.0187. The SMILES string of the molecule is NS(=O)(=O)c1ccc(CNC(=O)c2cnc(-n3cccn3)nc2)cc1. The molecule has 9 nitrogen and oxygen atoms in total. The molecule has 0 spiro atoms. The van der Waals surface area contributed by atoms with Gasteiger partial charge in [0.25, 0.3) is 5.91 Å². The van der Waals surface area contributed by atoms with Gasteiger partial charge in [0, 0.05) is 31.3 Å². The van der Waals surface area contributed by atoms with Gasteiger partial charge < -0.3 is 5.32 Å². The molecule has 3 rings (SSSR count). The topological polar surface area (TPSA) is 133 Å². The van der Waals surface area contributed by atoms with Crippen molar-refractivity contribution in [3.63, 3.8) is 0 Å². The lowest BCUT2D eigenvalue weighted by atomic mass is 10.2. The van der Waals surface area contributed by atoms with Crippen LogP contribution in [0.15, 0.2) is 60.0 Å². The van der Waals surface area contributed by atoms with Gasteiger partial charge in [0.05, 0.1) is 10.5 Å². The highest BCUT2D eigenvalue weighted by Gasteiger charge is 2.09. The maximum atomic E-state index is 12.1. The van der Waals surface area contributed by atoms with Crippen LogP contribution in [0.25, 0.3) is 5.95 Å². The summed E-state index contributed by atoms with van der Waals surface area (Å²) in [5.74, 6) is 0.0164. The fraction of sp³-hybridized carbons (Fsp3) is 0.0667. The average Bonchev–Trinajstić information content (AvgIpc) is 3.14. The van der Waals surface area contributed by atoms with Gasteiger partial charge in [-0.2, -0.15) is 5.10 Å². The van der Waals surface area contributed by atoms with E-state index >= 15 is 0 Å². The lowest BCUT2D eigenvalue weighted by molar-refractivity contribution is 0.0950. The van der Waals surface area contributed by atoms with Gasteiger partial charge in [0.15, 0.2) is 0 Å². The molecular formula is C15H14N6O3S. The molecule has 2 aromatic heterocycles. The van der Waals surface area contributed by atoms with E-state index in [2.05, 4.69) is 20.4 Å². The number of carbonyl (C=O) groups is 1. The number of nitrogens with two attached hydrogens (primary N) is 1. The Hall–Kier alpha value is -3.11. The van der Waals surface area contributed by atoms with Gasteiger partial charge in [0.1, 0.15) is 0 Å². The molecule has 0 bridgehead atoms. The number of carbonyl (C=O) groups excluding carboxylic acids is 1. The predicted molar refractivity (Wildman–Crippen MR) is 88.1 cm³/mol. The van der Waals surface area contributed by atoms with E-state index in [9.17, 15) is 13.2 Å². The van der Waals surface area contributed by atoms with Gasteiger partial charge in [-0.05, 0) is 23.8 Å². The molecule has 1 aromatic carbocycles. The average molecular weight is 358 g/mol. The van der Waals surface area contributed by atoms with E-state index in [4.69, 9.17) is 5.14 Å². The Bertz CT molecular complexity index is 967. The monoisotopic (exact) mass is 358 g/mol. The molecule has 0 saturated carbocycles. The zero-order valence-corrected chi connectivity index (χ0v) is 13.7. The van der Waals surface area contributed by atoms with Crippen molar-refractivity contribution in [1.29, 1.82) is 0 Å². The van der Waals surface area contributed by atoms with Crippen LogP contribution in [-0.2, 0) is 16.6 Å². The number of aromatic nitrogens is 4. The van der Waals surface area contributed by atoms with Crippen LogP contribution in [-0.4, -0.2) is 34.1 Å². The van der Waals surface area contributed by atoms with Crippen molar-refractivity contribution in [2.45, 2.75) is 11.4 Å². The smallest absolute Gasteiger partial charge is 0.254 e. The van der Waals surface area contributed by atoms with Crippen molar-refractivity contribution in [3.05, 3.63) is 66.2 Å². The van der Waals surface area contributed by atoms with E-state index in [-0.39, 0.29) is 17.3 Å². The van der Waals surface area contributed by atoms with Gasteiger partial charge >= 0.3 is 0 Å². The Morgan fingerprint density at radius 2 is 1.84 bits per heavy atom. The Morgan fingerprint density at radius 3 is 2.40 bits per heavy atom. The van der Waals surface area contributed by atoms with Crippen LogP contribution in [0.5, 0.6) is 0 Å². The first-order chi connectivity index (χ1) is 11.9. The molecule has 0 radical (unpaired) electrons. The van der Waals surface area contributed by atoms with E-state index in [0.29, 0.717) is 11.5 Å². The molecule has 0 saturated heterocycles. The van der Waals surface area contributed by atoms with Crippen LogP contribution in [0, 0.1) is 0 Å². The van der Waals surface area contributed by atoms with E-state index < -0.39 is 10.0 Å². The lowest BCUT2D eigenvalue weighted by Gasteiger charge is -2.06. The summed E-state index contributed by atoms with van der Waals surface area (Å²) in [5, 5.41) is 11.7. The van der Waals surface area contributed by atoms with Crippen molar-refractivity contribution < 1.29 is 13.2 Å². The highest BCUT2D eigenvalue weighted by atomic mass is 32.2. The highest BCUT2D eigenvalue weighted by molar-refractivity contribution is 7.89. The number of nitrogens with zero attached hydrogens (tertiary/aromatic N) is 4. The van der Waals surface area contributed by atoms with Crippen molar-refractivity contribution >= 4 is 15.9 Å². The fourth-order valence-corrected chi connectivity index (χ4v) is 2.54. The third-order valence-electron chi connectivity index (χ3n) is 3.31. The van der Waals surface area contributed by atoms with Crippen molar-refractivity contribution in [3.8, 4) is 5.95 Å². The molecule has 0 aliphatic rings. The first kappa shape index (κ1) is 16.7. The van der Waals surface area contributed by atoms with Gasteiger partial charge in [-0.1, -0.05) is 12.1 Å². The fourth-order valence-electron chi connectivity index (χ4n) is 2.03. The highest BCUT2D eigenvalue weighted by Crippen LogP contribution is 2.09. The summed E-state index contributed by atoms with van der Waals surface area (Å²) in [4.78, 5) is 20.3. The first-order valence-electron chi connectivity index (χ1n) is 7.15. The summed E-state index contributed by atoms with van der Waals surface area (Å²) in [6.07, 6.45) is 6.11. The van der Waals surface area contributed by atoms with Crippen LogP contribution in [0.2, 0.25) is 0 Å². The second-order valence-corrected chi connectivity index (χ2v) is 6.66. The Kier molecular flexibility index (Phi) is 4.55. The number of sulfonamides is 1. The molecule has 0 aliphatic carbocycles. The molecule has 10 heteroatoms. The van der Waals surface area contributed by atoms with Crippen molar-refractivity contribution in [2.24, 2.45) is 5.14 Å². The number of benzene rings is 1. The summed E-state index contributed by atoms with van der Waals surface area (Å²) in [6.45, 7) is 0.227. The van der Waals surface area contributed by atoms with Gasteiger partial charge in [-0.25, -0.2) is 28.2 Å². The van der Waals surface area contributed by atoms with Crippen LogP contribution in [0.4, 0.5) is 0 Å². The number of nitrogens with one attached hydrogen (secondary N) is 1. The van der Waals surface area contributed by atoms with E-state index in [0.717, 1.165) is 5.56 Å². The third-order valence-corrected chi connectivity index (χ3v) is 4.24. The van der Waals surface area contributed by atoms with Crippen molar-refractivity contribution in [1.82, 2.24) is 25.1 Å². The second kappa shape index (κ2) is 6.79. The molecule has 25 heavy (non-hydrogen) atoms. The zero-order chi connectivity index (χ0) is 17.9. The van der Waals surface area contributed by atoms with Crippen LogP contribution in [0.3, 0.4) is 0 Å². The van der Waals surface area contributed by atoms with Crippen LogP contribution in [0.1, 0.15) is 15.9 Å². The molecule has 0 fully saturated rings. The molecule has 0 aliphatic heterocycles. The number of amides is 1. The Balaban J connectivity index is 1.62. The first-order valence-corrected chi connectivity index (χ1v) is 8.70. The molecular weight excluding hydrogens is 344 g/mol. The number of hydrogen-bond donors (Lipinski definition) is 2. The number of hydrogen-bond acceptors (Lipinski definition) is 6. The summed E-state index contributed by atoms with van der Waals surface area (Å²) in [5.41, 5.74) is 1.03.